The van der Waals surface area contributed by atoms with Crippen LogP contribution in [0, 0.1) is 5.92 Å². The van der Waals surface area contributed by atoms with Crippen LogP contribution in [0.2, 0.25) is 0 Å². The van der Waals surface area contributed by atoms with Crippen molar-refractivity contribution in [3.63, 3.8) is 0 Å². The Morgan fingerprint density at radius 3 is 2.12 bits per heavy atom. The van der Waals surface area contributed by atoms with E-state index in [1.165, 1.54) is 7.11 Å². The Morgan fingerprint density at radius 1 is 1.00 bits per heavy atom. The van der Waals surface area contributed by atoms with Gasteiger partial charge in [0, 0.05) is 19.1 Å². The first-order valence-corrected chi connectivity index (χ1v) is 11.6. The molecule has 0 bridgehead atoms. The van der Waals surface area contributed by atoms with E-state index in [9.17, 15) is 14.4 Å². The Bertz CT molecular complexity index is 1020. The molecule has 3 atom stereocenters. The highest BCUT2D eigenvalue weighted by Gasteiger charge is 2.37. The summed E-state index contributed by atoms with van der Waals surface area (Å²) in [7, 11) is 1.44. The fourth-order valence-electron chi connectivity index (χ4n) is 4.59. The number of aliphatic carboxylic acids is 1. The number of hydrogen-bond acceptors (Lipinski definition) is 5. The first-order valence-electron chi connectivity index (χ1n) is 11.6. The number of fused-ring (bicyclic) bond motifs is 3. The lowest BCUT2D eigenvalue weighted by Crippen LogP contribution is -2.55. The largest absolute Gasteiger partial charge is 0.481 e. The predicted molar refractivity (Wildman–Crippen MR) is 125 cm³/mol. The van der Waals surface area contributed by atoms with Crippen molar-refractivity contribution in [2.24, 2.45) is 5.92 Å². The molecule has 0 saturated heterocycles. The Balaban J connectivity index is 1.41. The zero-order chi connectivity index (χ0) is 24.2. The molecule has 2 aromatic carbocycles. The summed E-state index contributed by atoms with van der Waals surface area (Å²) in [6.45, 7) is 1.79. The molecule has 0 aromatic heterocycles. The topological polar surface area (TPSA) is 114 Å². The van der Waals surface area contributed by atoms with Crippen LogP contribution in [0.3, 0.4) is 0 Å². The van der Waals surface area contributed by atoms with Gasteiger partial charge in [0.25, 0.3) is 0 Å². The number of carbonyl (C=O) groups excluding carboxylic acids is 2. The zero-order valence-corrected chi connectivity index (χ0v) is 19.3. The third-order valence-electron chi connectivity index (χ3n) is 6.65. The summed E-state index contributed by atoms with van der Waals surface area (Å²) in [5, 5.41) is 14.6. The van der Waals surface area contributed by atoms with Gasteiger partial charge in [-0.3, -0.25) is 9.59 Å². The van der Waals surface area contributed by atoms with Gasteiger partial charge in [-0.25, -0.2) is 4.79 Å². The van der Waals surface area contributed by atoms with Crippen molar-refractivity contribution in [3.8, 4) is 11.1 Å². The summed E-state index contributed by atoms with van der Waals surface area (Å²) in [5.41, 5.74) is 4.44. The molecular weight excluding hydrogens is 436 g/mol. The van der Waals surface area contributed by atoms with E-state index in [0.717, 1.165) is 35.1 Å². The lowest BCUT2D eigenvalue weighted by Gasteiger charge is -2.26. The summed E-state index contributed by atoms with van der Waals surface area (Å²) in [5.74, 6) is -1.41. The van der Waals surface area contributed by atoms with Crippen LogP contribution in [0.25, 0.3) is 11.1 Å². The summed E-state index contributed by atoms with van der Waals surface area (Å²) in [6.07, 6.45) is 0.234. The van der Waals surface area contributed by atoms with E-state index in [0.29, 0.717) is 0 Å². The number of rotatable bonds is 10. The normalized spacial score (nSPS) is 17.1. The summed E-state index contributed by atoms with van der Waals surface area (Å²) >= 11 is 0. The molecular formula is C26H30N2O6. The first kappa shape index (κ1) is 23.8. The number of nitrogens with one attached hydrogen (secondary N) is 2. The molecule has 8 nitrogen and oxygen atoms in total. The number of ether oxygens (including phenoxy) is 2. The molecule has 2 aliphatic rings. The molecule has 8 heteroatoms. The van der Waals surface area contributed by atoms with Crippen LogP contribution in [0.4, 0.5) is 4.79 Å². The molecule has 180 valence electrons. The molecule has 0 radical (unpaired) electrons. The minimum absolute atomic E-state index is 0.0971. The lowest BCUT2D eigenvalue weighted by atomic mass is 9.98. The van der Waals surface area contributed by atoms with Crippen LogP contribution in [0.5, 0.6) is 0 Å². The summed E-state index contributed by atoms with van der Waals surface area (Å²) in [4.78, 5) is 36.8. The number of benzene rings is 2. The monoisotopic (exact) mass is 466 g/mol. The van der Waals surface area contributed by atoms with E-state index >= 15 is 0 Å². The third-order valence-corrected chi connectivity index (χ3v) is 6.65. The molecule has 3 N–H and O–H groups in total. The van der Waals surface area contributed by atoms with Crippen molar-refractivity contribution in [1.82, 2.24) is 10.6 Å². The molecule has 1 saturated carbocycles. The fourth-order valence-corrected chi connectivity index (χ4v) is 4.59. The molecule has 1 unspecified atom stereocenters. The number of hydrogen-bond donors (Lipinski definition) is 3. The van der Waals surface area contributed by atoms with Crippen molar-refractivity contribution >= 4 is 18.0 Å². The smallest absolute Gasteiger partial charge is 0.407 e. The maximum atomic E-state index is 12.9. The van der Waals surface area contributed by atoms with E-state index in [-0.39, 0.29) is 24.9 Å². The second-order valence-corrected chi connectivity index (χ2v) is 8.94. The molecule has 0 aliphatic heterocycles. The minimum atomic E-state index is -1.02. The quantitative estimate of drug-likeness (QED) is 0.495. The number of methoxy groups -OCH3 is 1. The van der Waals surface area contributed by atoms with Gasteiger partial charge in [-0.1, -0.05) is 48.5 Å². The van der Waals surface area contributed by atoms with E-state index in [4.69, 9.17) is 14.6 Å². The van der Waals surface area contributed by atoms with Gasteiger partial charge < -0.3 is 25.2 Å². The standard InChI is InChI=1S/C26H30N2O6/c1-15(33-2)24(25(31)27-22(13-23(29)30)16-11-12-16)28-26(32)34-14-21-19-9-5-3-7-17(19)18-8-4-6-10-20(18)21/h3-10,15-16,21-22,24H,11-14H2,1-2H3,(H,27,31)(H,28,32)(H,29,30)/t15-,22?,24+/m1/s1. The molecule has 1 fully saturated rings. The van der Waals surface area contributed by atoms with Crippen molar-refractivity contribution in [3.05, 3.63) is 59.7 Å². The van der Waals surface area contributed by atoms with Gasteiger partial charge in [0.2, 0.25) is 5.91 Å². The second-order valence-electron chi connectivity index (χ2n) is 8.94. The fraction of sp³-hybridized carbons (Fsp3) is 0.423. The Hall–Kier alpha value is -3.39. The molecule has 0 spiro atoms. The van der Waals surface area contributed by atoms with Crippen LogP contribution in [-0.2, 0) is 19.1 Å². The van der Waals surface area contributed by atoms with E-state index in [1.807, 2.05) is 36.4 Å². The molecule has 34 heavy (non-hydrogen) atoms. The Morgan fingerprint density at radius 2 is 1.59 bits per heavy atom. The van der Waals surface area contributed by atoms with Gasteiger partial charge >= 0.3 is 12.1 Å². The van der Waals surface area contributed by atoms with Crippen LogP contribution in [0.15, 0.2) is 48.5 Å². The highest BCUT2D eigenvalue weighted by Crippen LogP contribution is 2.44. The van der Waals surface area contributed by atoms with E-state index in [1.54, 1.807) is 6.92 Å². The number of carboxylic acids is 1. The predicted octanol–water partition coefficient (Wildman–Crippen LogP) is 3.30. The summed E-state index contributed by atoms with van der Waals surface area (Å²) < 4.78 is 10.9. The zero-order valence-electron chi connectivity index (χ0n) is 19.3. The summed E-state index contributed by atoms with van der Waals surface area (Å²) in [6, 6.07) is 14.6. The lowest BCUT2D eigenvalue weighted by molar-refractivity contribution is -0.138. The first-order chi connectivity index (χ1) is 16.4. The van der Waals surface area contributed by atoms with Gasteiger partial charge in [0.1, 0.15) is 12.6 Å². The average Bonchev–Trinajstić information content (AvgIpc) is 3.63. The second kappa shape index (κ2) is 10.3. The van der Waals surface area contributed by atoms with Gasteiger partial charge in [0.15, 0.2) is 0 Å². The highest BCUT2D eigenvalue weighted by atomic mass is 16.5. The number of carbonyl (C=O) groups is 3. The van der Waals surface area contributed by atoms with Gasteiger partial charge in [0.05, 0.1) is 12.5 Å². The average molecular weight is 467 g/mol. The molecule has 2 aliphatic carbocycles. The van der Waals surface area contributed by atoms with Crippen LogP contribution in [0.1, 0.15) is 43.2 Å². The maximum absolute atomic E-state index is 12.9. The SMILES string of the molecule is CO[C@H](C)[C@H](NC(=O)OCC1c2ccccc2-c2ccccc21)C(=O)NC(CC(=O)O)C1CC1. The highest BCUT2D eigenvalue weighted by molar-refractivity contribution is 5.87. The van der Waals surface area contributed by atoms with Crippen LogP contribution >= 0.6 is 0 Å². The van der Waals surface area contributed by atoms with E-state index in [2.05, 4.69) is 22.8 Å². The van der Waals surface area contributed by atoms with Crippen molar-refractivity contribution in [2.45, 2.75) is 50.3 Å². The van der Waals surface area contributed by atoms with Gasteiger partial charge in [-0.2, -0.15) is 0 Å². The Labute approximate surface area is 198 Å². The van der Waals surface area contributed by atoms with E-state index < -0.39 is 36.2 Å². The van der Waals surface area contributed by atoms with Crippen LogP contribution < -0.4 is 10.6 Å². The molecule has 2 amide bonds. The third kappa shape index (κ3) is 5.22. The molecule has 2 aromatic rings. The number of carboxylic acid groups (broad SMARTS) is 1. The van der Waals surface area contributed by atoms with Crippen LogP contribution in [-0.4, -0.2) is 55.0 Å². The van der Waals surface area contributed by atoms with Gasteiger partial charge in [-0.05, 0) is 47.9 Å². The Kier molecular flexibility index (Phi) is 7.17. The number of alkyl carbamates (subject to hydrolysis) is 1. The molecule has 0 heterocycles. The van der Waals surface area contributed by atoms with Gasteiger partial charge in [-0.15, -0.1) is 0 Å². The molecule has 4 rings (SSSR count). The minimum Gasteiger partial charge on any atom is -0.481 e. The van der Waals surface area contributed by atoms with Crippen molar-refractivity contribution < 1.29 is 29.0 Å². The maximum Gasteiger partial charge on any atom is 0.407 e. The van der Waals surface area contributed by atoms with Crippen molar-refractivity contribution in [2.75, 3.05) is 13.7 Å². The van der Waals surface area contributed by atoms with Crippen molar-refractivity contribution in [1.29, 1.82) is 0 Å². The number of amides is 2.